The zero-order valence-corrected chi connectivity index (χ0v) is 12.3. The molecule has 0 saturated heterocycles. The predicted molar refractivity (Wildman–Crippen MR) is 77.7 cm³/mol. The second-order valence-corrected chi connectivity index (χ2v) is 5.75. The molecule has 0 radical (unpaired) electrons. The summed E-state index contributed by atoms with van der Waals surface area (Å²) >= 11 is 0. The lowest BCUT2D eigenvalue weighted by atomic mass is 10.0. The molecule has 1 atom stereocenters. The van der Waals surface area contributed by atoms with Gasteiger partial charge in [0.1, 0.15) is 11.6 Å². The molecule has 1 aromatic rings. The predicted octanol–water partition coefficient (Wildman–Crippen LogP) is 3.49. The third kappa shape index (κ3) is 4.00. The molecule has 0 aromatic heterocycles. The SMILES string of the molecule is CNC(CCN(C)C1CCCC1)c1cc(F)cc(F)c1. The third-order valence-electron chi connectivity index (χ3n) is 4.35. The van der Waals surface area contributed by atoms with Gasteiger partial charge in [-0.25, -0.2) is 8.78 Å². The Hall–Kier alpha value is -1.00. The van der Waals surface area contributed by atoms with Crippen LogP contribution < -0.4 is 5.32 Å². The fourth-order valence-corrected chi connectivity index (χ4v) is 3.11. The Morgan fingerprint density at radius 1 is 1.20 bits per heavy atom. The van der Waals surface area contributed by atoms with E-state index in [1.54, 1.807) is 0 Å². The molecule has 0 amide bonds. The van der Waals surface area contributed by atoms with Crippen LogP contribution in [0.4, 0.5) is 8.78 Å². The van der Waals surface area contributed by atoms with Crippen molar-refractivity contribution in [2.24, 2.45) is 0 Å². The van der Waals surface area contributed by atoms with E-state index >= 15 is 0 Å². The van der Waals surface area contributed by atoms with Gasteiger partial charge in [-0.1, -0.05) is 12.8 Å². The van der Waals surface area contributed by atoms with Crippen LogP contribution in [-0.4, -0.2) is 31.6 Å². The van der Waals surface area contributed by atoms with Crippen LogP contribution >= 0.6 is 0 Å². The standard InChI is InChI=1S/C16H24F2N2/c1-19-16(12-9-13(17)11-14(18)10-12)7-8-20(2)15-5-3-4-6-15/h9-11,15-16,19H,3-8H2,1-2H3. The molecular weight excluding hydrogens is 258 g/mol. The van der Waals surface area contributed by atoms with Gasteiger partial charge in [-0.3, -0.25) is 0 Å². The number of nitrogens with one attached hydrogen (secondary N) is 1. The first-order valence-corrected chi connectivity index (χ1v) is 7.43. The molecule has 20 heavy (non-hydrogen) atoms. The quantitative estimate of drug-likeness (QED) is 0.859. The summed E-state index contributed by atoms with van der Waals surface area (Å²) in [7, 11) is 3.98. The van der Waals surface area contributed by atoms with E-state index in [4.69, 9.17) is 0 Å². The third-order valence-corrected chi connectivity index (χ3v) is 4.35. The monoisotopic (exact) mass is 282 g/mol. The highest BCUT2D eigenvalue weighted by atomic mass is 19.1. The van der Waals surface area contributed by atoms with E-state index in [0.717, 1.165) is 19.0 Å². The maximum Gasteiger partial charge on any atom is 0.126 e. The van der Waals surface area contributed by atoms with E-state index in [9.17, 15) is 8.78 Å². The van der Waals surface area contributed by atoms with Gasteiger partial charge in [0.15, 0.2) is 0 Å². The minimum atomic E-state index is -0.510. The van der Waals surface area contributed by atoms with Gasteiger partial charge in [-0.15, -0.1) is 0 Å². The molecule has 1 unspecified atom stereocenters. The minimum absolute atomic E-state index is 0.0101. The van der Waals surface area contributed by atoms with Crippen molar-refractivity contribution in [2.45, 2.75) is 44.2 Å². The largest absolute Gasteiger partial charge is 0.313 e. The van der Waals surface area contributed by atoms with Gasteiger partial charge in [0.05, 0.1) is 0 Å². The van der Waals surface area contributed by atoms with Crippen molar-refractivity contribution in [2.75, 3.05) is 20.6 Å². The molecule has 0 bridgehead atoms. The normalized spacial score (nSPS) is 17.9. The molecular formula is C16H24F2N2. The van der Waals surface area contributed by atoms with E-state index in [1.165, 1.54) is 37.8 Å². The number of hydrogen-bond donors (Lipinski definition) is 1. The second-order valence-electron chi connectivity index (χ2n) is 5.75. The van der Waals surface area contributed by atoms with Crippen LogP contribution in [-0.2, 0) is 0 Å². The summed E-state index contributed by atoms with van der Waals surface area (Å²) in [5.74, 6) is -1.02. The molecule has 0 aliphatic heterocycles. The van der Waals surface area contributed by atoms with E-state index < -0.39 is 11.6 Å². The lowest BCUT2D eigenvalue weighted by molar-refractivity contribution is 0.233. The van der Waals surface area contributed by atoms with E-state index in [-0.39, 0.29) is 6.04 Å². The molecule has 1 saturated carbocycles. The maximum atomic E-state index is 13.3. The number of rotatable bonds is 6. The Morgan fingerprint density at radius 3 is 2.35 bits per heavy atom. The van der Waals surface area contributed by atoms with Gasteiger partial charge in [0.2, 0.25) is 0 Å². The number of halogens is 2. The average molecular weight is 282 g/mol. The van der Waals surface area contributed by atoms with E-state index in [2.05, 4.69) is 17.3 Å². The first-order chi connectivity index (χ1) is 9.60. The Kier molecular flexibility index (Phi) is 5.49. The minimum Gasteiger partial charge on any atom is -0.313 e. The number of benzene rings is 1. The smallest absolute Gasteiger partial charge is 0.126 e. The van der Waals surface area contributed by atoms with Crippen LogP contribution in [0.15, 0.2) is 18.2 Å². The first-order valence-electron chi connectivity index (χ1n) is 7.43. The van der Waals surface area contributed by atoms with Crippen molar-refractivity contribution >= 4 is 0 Å². The number of hydrogen-bond acceptors (Lipinski definition) is 2. The van der Waals surface area contributed by atoms with Crippen LogP contribution in [0.5, 0.6) is 0 Å². The fraction of sp³-hybridized carbons (Fsp3) is 0.625. The molecule has 4 heteroatoms. The lowest BCUT2D eigenvalue weighted by Gasteiger charge is -2.26. The lowest BCUT2D eigenvalue weighted by Crippen LogP contribution is -2.32. The molecule has 1 aliphatic carbocycles. The Labute approximate surface area is 120 Å². The Bertz CT molecular complexity index is 410. The van der Waals surface area contributed by atoms with Crippen molar-refractivity contribution in [3.63, 3.8) is 0 Å². The van der Waals surface area contributed by atoms with Gasteiger partial charge >= 0.3 is 0 Å². The van der Waals surface area contributed by atoms with Crippen LogP contribution in [0.3, 0.4) is 0 Å². The first kappa shape index (κ1) is 15.4. The second kappa shape index (κ2) is 7.14. The summed E-state index contributed by atoms with van der Waals surface area (Å²) in [5.41, 5.74) is 0.685. The van der Waals surface area contributed by atoms with Crippen LogP contribution in [0.25, 0.3) is 0 Å². The number of nitrogens with zero attached hydrogens (tertiary/aromatic N) is 1. The van der Waals surface area contributed by atoms with Crippen molar-refractivity contribution in [3.8, 4) is 0 Å². The Balaban J connectivity index is 1.94. The molecule has 2 nitrogen and oxygen atoms in total. The summed E-state index contributed by atoms with van der Waals surface area (Å²) in [5, 5.41) is 3.16. The molecule has 112 valence electrons. The summed E-state index contributed by atoms with van der Waals surface area (Å²) < 4.78 is 26.6. The molecule has 0 spiro atoms. The van der Waals surface area contributed by atoms with Crippen LogP contribution in [0, 0.1) is 11.6 Å². The highest BCUT2D eigenvalue weighted by molar-refractivity contribution is 5.21. The molecule has 0 heterocycles. The van der Waals surface area contributed by atoms with Crippen molar-refractivity contribution < 1.29 is 8.78 Å². The Morgan fingerprint density at radius 2 is 1.80 bits per heavy atom. The topological polar surface area (TPSA) is 15.3 Å². The summed E-state index contributed by atoms with van der Waals surface area (Å²) in [4.78, 5) is 2.38. The zero-order valence-electron chi connectivity index (χ0n) is 12.3. The highest BCUT2D eigenvalue weighted by Gasteiger charge is 2.20. The van der Waals surface area contributed by atoms with Crippen molar-refractivity contribution in [1.29, 1.82) is 0 Å². The maximum absolute atomic E-state index is 13.3. The molecule has 1 N–H and O–H groups in total. The highest BCUT2D eigenvalue weighted by Crippen LogP contribution is 2.24. The van der Waals surface area contributed by atoms with Gasteiger partial charge in [-0.2, -0.15) is 0 Å². The van der Waals surface area contributed by atoms with Gasteiger partial charge < -0.3 is 10.2 Å². The van der Waals surface area contributed by atoms with Crippen molar-refractivity contribution in [3.05, 3.63) is 35.4 Å². The van der Waals surface area contributed by atoms with Crippen LogP contribution in [0.1, 0.15) is 43.7 Å². The van der Waals surface area contributed by atoms with Crippen LogP contribution in [0.2, 0.25) is 0 Å². The molecule has 1 fully saturated rings. The van der Waals surface area contributed by atoms with Crippen molar-refractivity contribution in [1.82, 2.24) is 10.2 Å². The van der Waals surface area contributed by atoms with E-state index in [0.29, 0.717) is 11.6 Å². The van der Waals surface area contributed by atoms with Gasteiger partial charge in [0, 0.05) is 18.2 Å². The molecule has 1 aliphatic rings. The zero-order chi connectivity index (χ0) is 14.5. The average Bonchev–Trinajstić information content (AvgIpc) is 2.92. The summed E-state index contributed by atoms with van der Waals surface area (Å²) in [6.45, 7) is 0.939. The van der Waals surface area contributed by atoms with E-state index in [1.807, 2.05) is 7.05 Å². The molecule has 2 rings (SSSR count). The summed E-state index contributed by atoms with van der Waals surface area (Å²) in [6, 6.07) is 4.42. The fourth-order valence-electron chi connectivity index (χ4n) is 3.11. The van der Waals surface area contributed by atoms with Gasteiger partial charge in [-0.05, 0) is 57.6 Å². The van der Waals surface area contributed by atoms with Gasteiger partial charge in [0.25, 0.3) is 0 Å². The summed E-state index contributed by atoms with van der Waals surface area (Å²) in [6.07, 6.45) is 6.04. The molecule has 1 aromatic carbocycles.